The Bertz CT molecular complexity index is 1040. The summed E-state index contributed by atoms with van der Waals surface area (Å²) in [6.07, 6.45) is 1.58. The summed E-state index contributed by atoms with van der Waals surface area (Å²) in [6, 6.07) is 9.22. The first-order valence-corrected chi connectivity index (χ1v) is 8.44. The molecule has 1 aromatic carbocycles. The third-order valence-corrected chi connectivity index (χ3v) is 3.90. The first-order chi connectivity index (χ1) is 13.0. The number of nitrogens with zero attached hydrogens (tertiary/aromatic N) is 4. The summed E-state index contributed by atoms with van der Waals surface area (Å²) in [5.41, 5.74) is 1.20. The summed E-state index contributed by atoms with van der Waals surface area (Å²) >= 11 is 0. The van der Waals surface area contributed by atoms with Crippen LogP contribution in [-0.4, -0.2) is 44.6 Å². The highest BCUT2D eigenvalue weighted by molar-refractivity contribution is 5.83. The highest BCUT2D eigenvalue weighted by Gasteiger charge is 2.16. The molecule has 0 aliphatic rings. The molecule has 0 aliphatic heterocycles. The first-order valence-electron chi connectivity index (χ1n) is 8.44. The molecule has 1 N–H and O–H groups in total. The normalized spacial score (nSPS) is 10.7. The minimum Gasteiger partial charge on any atom is -0.465 e. The fourth-order valence-corrected chi connectivity index (χ4v) is 2.67. The van der Waals surface area contributed by atoms with Crippen LogP contribution in [0.15, 0.2) is 41.3 Å². The largest absolute Gasteiger partial charge is 0.465 e. The van der Waals surface area contributed by atoms with Crippen LogP contribution in [-0.2, 0) is 20.9 Å². The molecule has 3 rings (SSSR count). The van der Waals surface area contributed by atoms with Crippen molar-refractivity contribution in [3.8, 4) is 5.69 Å². The number of benzene rings is 1. The predicted molar refractivity (Wildman–Crippen MR) is 97.5 cm³/mol. The lowest BCUT2D eigenvalue weighted by Crippen LogP contribution is -2.37. The van der Waals surface area contributed by atoms with E-state index in [1.165, 1.54) is 4.68 Å². The Morgan fingerprint density at radius 1 is 1.22 bits per heavy atom. The van der Waals surface area contributed by atoms with Gasteiger partial charge in [0.05, 0.1) is 24.2 Å². The Morgan fingerprint density at radius 3 is 2.67 bits per heavy atom. The predicted octanol–water partition coefficient (Wildman–Crippen LogP) is 0.570. The molecule has 0 spiro atoms. The number of rotatable bonds is 6. The number of fused-ring (bicyclic) bond motifs is 1. The smallest absolute Gasteiger partial charge is 0.325 e. The topological polar surface area (TPSA) is 108 Å². The van der Waals surface area contributed by atoms with Gasteiger partial charge in [0.25, 0.3) is 5.56 Å². The van der Waals surface area contributed by atoms with E-state index in [-0.39, 0.29) is 19.7 Å². The van der Waals surface area contributed by atoms with E-state index in [1.54, 1.807) is 20.0 Å². The van der Waals surface area contributed by atoms with E-state index in [0.29, 0.717) is 16.6 Å². The van der Waals surface area contributed by atoms with Crippen molar-refractivity contribution in [3.63, 3.8) is 0 Å². The van der Waals surface area contributed by atoms with Crippen LogP contribution in [0.2, 0.25) is 0 Å². The highest BCUT2D eigenvalue weighted by atomic mass is 16.5. The van der Waals surface area contributed by atoms with Crippen molar-refractivity contribution in [1.29, 1.82) is 0 Å². The summed E-state index contributed by atoms with van der Waals surface area (Å²) in [5.74, 6) is -1.05. The van der Waals surface area contributed by atoms with Crippen molar-refractivity contribution in [2.24, 2.45) is 0 Å². The maximum atomic E-state index is 12.9. The van der Waals surface area contributed by atoms with Crippen molar-refractivity contribution >= 4 is 22.8 Å². The maximum Gasteiger partial charge on any atom is 0.325 e. The number of esters is 1. The summed E-state index contributed by atoms with van der Waals surface area (Å²) in [6.45, 7) is 3.08. The standard InChI is InChI=1S/C18H19N5O4/c1-3-27-16(25)10-19-15(24)11-22-18(26)17-14(12(2)21-22)9-20-23(17)13-7-5-4-6-8-13/h4-9H,3,10-11H2,1-2H3,(H,19,24). The van der Waals surface area contributed by atoms with Crippen molar-refractivity contribution in [2.45, 2.75) is 20.4 Å². The number of amides is 1. The number of hydrogen-bond donors (Lipinski definition) is 1. The van der Waals surface area contributed by atoms with Gasteiger partial charge in [-0.2, -0.15) is 10.2 Å². The molecule has 0 atom stereocenters. The minimum absolute atomic E-state index is 0.231. The van der Waals surface area contributed by atoms with Gasteiger partial charge in [0.2, 0.25) is 5.91 Å². The molecule has 140 valence electrons. The monoisotopic (exact) mass is 369 g/mol. The number of aryl methyl sites for hydroxylation is 1. The average Bonchev–Trinajstić information content (AvgIpc) is 3.11. The zero-order chi connectivity index (χ0) is 19.4. The summed E-state index contributed by atoms with van der Waals surface area (Å²) in [4.78, 5) is 36.3. The van der Waals surface area contributed by atoms with E-state index in [0.717, 1.165) is 10.4 Å². The van der Waals surface area contributed by atoms with Crippen molar-refractivity contribution < 1.29 is 14.3 Å². The number of hydrogen-bond acceptors (Lipinski definition) is 6. The van der Waals surface area contributed by atoms with E-state index in [4.69, 9.17) is 4.74 Å². The van der Waals surface area contributed by atoms with Gasteiger partial charge in [-0.05, 0) is 26.0 Å². The molecule has 2 aromatic heterocycles. The zero-order valence-corrected chi connectivity index (χ0v) is 15.0. The number of ether oxygens (including phenoxy) is 1. The van der Waals surface area contributed by atoms with Crippen LogP contribution in [0.3, 0.4) is 0 Å². The van der Waals surface area contributed by atoms with Gasteiger partial charge in [0.15, 0.2) is 0 Å². The van der Waals surface area contributed by atoms with Crippen LogP contribution in [0.25, 0.3) is 16.6 Å². The van der Waals surface area contributed by atoms with Gasteiger partial charge in [-0.15, -0.1) is 0 Å². The summed E-state index contributed by atoms with van der Waals surface area (Å²) < 4.78 is 7.34. The molecule has 0 saturated carbocycles. The average molecular weight is 369 g/mol. The van der Waals surface area contributed by atoms with E-state index < -0.39 is 17.4 Å². The SMILES string of the molecule is CCOC(=O)CNC(=O)Cn1nc(C)c2cnn(-c3ccccc3)c2c1=O. The summed E-state index contributed by atoms with van der Waals surface area (Å²) in [7, 11) is 0. The highest BCUT2D eigenvalue weighted by Crippen LogP contribution is 2.16. The lowest BCUT2D eigenvalue weighted by Gasteiger charge is -2.09. The second kappa shape index (κ2) is 7.81. The molecule has 3 aromatic rings. The Hall–Kier alpha value is -3.49. The van der Waals surface area contributed by atoms with Gasteiger partial charge < -0.3 is 10.1 Å². The Labute approximate surface area is 154 Å². The van der Waals surface area contributed by atoms with Crippen molar-refractivity contribution in [3.05, 3.63) is 52.6 Å². The molecule has 1 amide bonds. The van der Waals surface area contributed by atoms with E-state index in [9.17, 15) is 14.4 Å². The quantitative estimate of drug-likeness (QED) is 0.637. The van der Waals surface area contributed by atoms with Crippen LogP contribution >= 0.6 is 0 Å². The van der Waals surface area contributed by atoms with Gasteiger partial charge in [0, 0.05) is 5.39 Å². The molecule has 9 nitrogen and oxygen atoms in total. The molecule has 0 saturated heterocycles. The molecule has 0 bridgehead atoms. The fraction of sp³-hybridized carbons (Fsp3) is 0.278. The van der Waals surface area contributed by atoms with Gasteiger partial charge in [-0.1, -0.05) is 18.2 Å². The van der Waals surface area contributed by atoms with Gasteiger partial charge in [-0.25, -0.2) is 9.36 Å². The van der Waals surface area contributed by atoms with Crippen LogP contribution in [0.1, 0.15) is 12.6 Å². The Balaban J connectivity index is 1.91. The molecule has 0 fully saturated rings. The van der Waals surface area contributed by atoms with Crippen LogP contribution in [0.5, 0.6) is 0 Å². The van der Waals surface area contributed by atoms with Crippen LogP contribution in [0.4, 0.5) is 0 Å². The van der Waals surface area contributed by atoms with E-state index in [1.807, 2.05) is 30.3 Å². The summed E-state index contributed by atoms with van der Waals surface area (Å²) in [5, 5.41) is 11.5. The lowest BCUT2D eigenvalue weighted by atomic mass is 10.2. The Kier molecular flexibility index (Phi) is 5.30. The maximum absolute atomic E-state index is 12.9. The van der Waals surface area contributed by atoms with Gasteiger partial charge in [-0.3, -0.25) is 14.4 Å². The van der Waals surface area contributed by atoms with Gasteiger partial charge in [0.1, 0.15) is 18.6 Å². The number of carbonyl (C=O) groups excluding carboxylic acids is 2. The van der Waals surface area contributed by atoms with E-state index in [2.05, 4.69) is 15.5 Å². The Morgan fingerprint density at radius 2 is 1.96 bits per heavy atom. The molecule has 0 unspecified atom stereocenters. The molecule has 27 heavy (non-hydrogen) atoms. The second-order valence-corrected chi connectivity index (χ2v) is 5.78. The third-order valence-electron chi connectivity index (χ3n) is 3.90. The zero-order valence-electron chi connectivity index (χ0n) is 15.0. The molecule has 0 aliphatic carbocycles. The number of aromatic nitrogens is 4. The number of carbonyl (C=O) groups is 2. The number of nitrogens with one attached hydrogen (secondary N) is 1. The minimum atomic E-state index is -0.542. The number of para-hydroxylation sites is 1. The van der Waals surface area contributed by atoms with Crippen molar-refractivity contribution in [1.82, 2.24) is 24.9 Å². The van der Waals surface area contributed by atoms with Crippen LogP contribution < -0.4 is 10.9 Å². The lowest BCUT2D eigenvalue weighted by molar-refractivity contribution is -0.143. The fourth-order valence-electron chi connectivity index (χ4n) is 2.67. The molecular weight excluding hydrogens is 350 g/mol. The van der Waals surface area contributed by atoms with Crippen molar-refractivity contribution in [2.75, 3.05) is 13.2 Å². The third kappa shape index (κ3) is 3.86. The second-order valence-electron chi connectivity index (χ2n) is 5.78. The van der Waals surface area contributed by atoms with E-state index >= 15 is 0 Å². The molecule has 0 radical (unpaired) electrons. The van der Waals surface area contributed by atoms with Crippen LogP contribution in [0, 0.1) is 6.92 Å². The van der Waals surface area contributed by atoms with Gasteiger partial charge >= 0.3 is 5.97 Å². The molecular formula is C18H19N5O4. The molecule has 9 heteroatoms. The molecule has 2 heterocycles. The first kappa shape index (κ1) is 18.3.